The van der Waals surface area contributed by atoms with Crippen LogP contribution in [0.1, 0.15) is 10.4 Å². The molecule has 0 aliphatic heterocycles. The van der Waals surface area contributed by atoms with E-state index in [9.17, 15) is 14.9 Å². The van der Waals surface area contributed by atoms with Gasteiger partial charge in [0.1, 0.15) is 0 Å². The van der Waals surface area contributed by atoms with Gasteiger partial charge in [-0.2, -0.15) is 5.10 Å². The minimum Gasteiger partial charge on any atom is -0.322 e. The van der Waals surface area contributed by atoms with Crippen LogP contribution in [0.4, 0.5) is 11.4 Å². The van der Waals surface area contributed by atoms with Crippen molar-refractivity contribution in [2.24, 2.45) is 0 Å². The number of aromatic nitrogens is 2. The van der Waals surface area contributed by atoms with Crippen LogP contribution in [0.3, 0.4) is 0 Å². The van der Waals surface area contributed by atoms with Crippen LogP contribution in [0.2, 0.25) is 0 Å². The quantitative estimate of drug-likeness (QED) is 0.502. The first-order valence-electron chi connectivity index (χ1n) is 8.77. The van der Waals surface area contributed by atoms with Gasteiger partial charge in [0.2, 0.25) is 0 Å². The number of carbonyl (C=O) groups is 1. The van der Waals surface area contributed by atoms with Crippen LogP contribution in [0.15, 0.2) is 60.8 Å². The zero-order valence-electron chi connectivity index (χ0n) is 15.7. The molecule has 0 atom stereocenters. The summed E-state index contributed by atoms with van der Waals surface area (Å²) in [4.78, 5) is 25.4. The van der Waals surface area contributed by atoms with Crippen molar-refractivity contribution in [3.63, 3.8) is 0 Å². The van der Waals surface area contributed by atoms with Gasteiger partial charge in [0.05, 0.1) is 28.9 Å². The lowest BCUT2D eigenvalue weighted by Crippen LogP contribution is -2.20. The largest absolute Gasteiger partial charge is 0.322 e. The van der Waals surface area contributed by atoms with Gasteiger partial charge < -0.3 is 10.2 Å². The Kier molecular flexibility index (Phi) is 5.81. The van der Waals surface area contributed by atoms with E-state index in [-0.39, 0.29) is 11.6 Å². The van der Waals surface area contributed by atoms with E-state index in [1.165, 1.54) is 24.4 Å². The van der Waals surface area contributed by atoms with E-state index in [4.69, 9.17) is 0 Å². The monoisotopic (exact) mass is 379 g/mol. The molecule has 0 radical (unpaired) electrons. The first-order chi connectivity index (χ1) is 13.5. The molecule has 0 unspecified atom stereocenters. The predicted molar refractivity (Wildman–Crippen MR) is 107 cm³/mol. The average molecular weight is 379 g/mol. The molecule has 8 heteroatoms. The molecule has 2 aromatic carbocycles. The number of nitro groups is 1. The zero-order chi connectivity index (χ0) is 20.1. The molecule has 0 aliphatic carbocycles. The van der Waals surface area contributed by atoms with Crippen molar-refractivity contribution in [3.05, 3.63) is 76.5 Å². The number of nitro benzene ring substituents is 1. The fourth-order valence-electron chi connectivity index (χ4n) is 2.81. The van der Waals surface area contributed by atoms with Crippen LogP contribution < -0.4 is 5.32 Å². The standard InChI is InChI=1S/C20H21N5O3/c1-23(2)11-12-24-19(15-7-4-3-5-8-15)18(14-21-24)20(26)22-16-9-6-10-17(13-16)25(27)28/h3-10,13-14H,11-12H2,1-2H3,(H,22,26). The third-order valence-electron chi connectivity index (χ3n) is 4.21. The maximum Gasteiger partial charge on any atom is 0.271 e. The maximum absolute atomic E-state index is 12.9. The van der Waals surface area contributed by atoms with E-state index in [0.29, 0.717) is 23.5 Å². The Morgan fingerprint density at radius 1 is 1.18 bits per heavy atom. The van der Waals surface area contributed by atoms with Crippen LogP contribution in [0, 0.1) is 10.1 Å². The molecule has 0 saturated carbocycles. The SMILES string of the molecule is CN(C)CCn1ncc(C(=O)Nc2cccc([N+](=O)[O-])c2)c1-c1ccccc1. The number of nitrogens with zero attached hydrogens (tertiary/aromatic N) is 4. The summed E-state index contributed by atoms with van der Waals surface area (Å²) in [5.74, 6) is -0.365. The first-order valence-corrected chi connectivity index (χ1v) is 8.77. The van der Waals surface area contributed by atoms with Crippen molar-refractivity contribution in [2.75, 3.05) is 26.0 Å². The lowest BCUT2D eigenvalue weighted by molar-refractivity contribution is -0.384. The molecule has 3 aromatic rings. The first kappa shape index (κ1) is 19.2. The Bertz CT molecular complexity index is 983. The summed E-state index contributed by atoms with van der Waals surface area (Å²) in [5, 5.41) is 18.1. The third kappa shape index (κ3) is 4.41. The summed E-state index contributed by atoms with van der Waals surface area (Å²) in [6.45, 7) is 1.40. The van der Waals surface area contributed by atoms with Gasteiger partial charge in [0.25, 0.3) is 11.6 Å². The zero-order valence-corrected chi connectivity index (χ0v) is 15.7. The molecule has 144 valence electrons. The fraction of sp³-hybridized carbons (Fsp3) is 0.200. The average Bonchev–Trinajstić information content (AvgIpc) is 3.11. The molecule has 1 N–H and O–H groups in total. The highest BCUT2D eigenvalue weighted by atomic mass is 16.6. The fourth-order valence-corrected chi connectivity index (χ4v) is 2.81. The molecule has 3 rings (SSSR count). The summed E-state index contributed by atoms with van der Waals surface area (Å²) < 4.78 is 1.80. The summed E-state index contributed by atoms with van der Waals surface area (Å²) in [5.41, 5.74) is 2.28. The molecule has 28 heavy (non-hydrogen) atoms. The second-order valence-electron chi connectivity index (χ2n) is 6.56. The number of amides is 1. The molecule has 1 heterocycles. The highest BCUT2D eigenvalue weighted by Gasteiger charge is 2.20. The van der Waals surface area contributed by atoms with Crippen molar-refractivity contribution in [2.45, 2.75) is 6.54 Å². The van der Waals surface area contributed by atoms with E-state index >= 15 is 0 Å². The van der Waals surface area contributed by atoms with Crippen LogP contribution in [-0.2, 0) is 6.54 Å². The van der Waals surface area contributed by atoms with Gasteiger partial charge in [-0.05, 0) is 20.2 Å². The number of anilines is 1. The van der Waals surface area contributed by atoms with Gasteiger partial charge in [0, 0.05) is 29.9 Å². The summed E-state index contributed by atoms with van der Waals surface area (Å²) >= 11 is 0. The number of rotatable bonds is 7. The lowest BCUT2D eigenvalue weighted by atomic mass is 10.1. The minimum absolute atomic E-state index is 0.0808. The van der Waals surface area contributed by atoms with E-state index in [1.54, 1.807) is 10.7 Å². The number of likely N-dealkylation sites (N-methyl/N-ethyl adjacent to an activating group) is 1. The number of carbonyl (C=O) groups excluding carboxylic acids is 1. The molecule has 0 spiro atoms. The number of nitrogens with one attached hydrogen (secondary N) is 1. The molecule has 0 bridgehead atoms. The van der Waals surface area contributed by atoms with Crippen molar-refractivity contribution in [3.8, 4) is 11.3 Å². The smallest absolute Gasteiger partial charge is 0.271 e. The van der Waals surface area contributed by atoms with Crippen molar-refractivity contribution >= 4 is 17.3 Å². The van der Waals surface area contributed by atoms with Gasteiger partial charge in [0.15, 0.2) is 0 Å². The summed E-state index contributed by atoms with van der Waals surface area (Å²) in [6.07, 6.45) is 1.53. The lowest BCUT2D eigenvalue weighted by Gasteiger charge is -2.13. The van der Waals surface area contributed by atoms with Gasteiger partial charge in [-0.15, -0.1) is 0 Å². The second kappa shape index (κ2) is 8.45. The minimum atomic E-state index is -0.496. The predicted octanol–water partition coefficient (Wildman–Crippen LogP) is 3.27. The highest BCUT2D eigenvalue weighted by molar-refractivity contribution is 6.08. The van der Waals surface area contributed by atoms with Gasteiger partial charge in [-0.1, -0.05) is 36.4 Å². The Morgan fingerprint density at radius 3 is 2.61 bits per heavy atom. The van der Waals surface area contributed by atoms with Crippen LogP contribution in [0.5, 0.6) is 0 Å². The molecule has 1 amide bonds. The number of hydrogen-bond acceptors (Lipinski definition) is 5. The molecule has 8 nitrogen and oxygen atoms in total. The second-order valence-corrected chi connectivity index (χ2v) is 6.56. The Balaban J connectivity index is 1.93. The van der Waals surface area contributed by atoms with Gasteiger partial charge in [-0.25, -0.2) is 0 Å². The summed E-state index contributed by atoms with van der Waals surface area (Å²) in [6, 6.07) is 15.4. The molecular formula is C20H21N5O3. The molecule has 0 aliphatic rings. The van der Waals surface area contributed by atoms with Crippen LogP contribution in [-0.4, -0.2) is 46.2 Å². The van der Waals surface area contributed by atoms with Crippen LogP contribution in [0.25, 0.3) is 11.3 Å². The van der Waals surface area contributed by atoms with Crippen molar-refractivity contribution in [1.29, 1.82) is 0 Å². The highest BCUT2D eigenvalue weighted by Crippen LogP contribution is 2.25. The van der Waals surface area contributed by atoms with Crippen molar-refractivity contribution < 1.29 is 9.72 Å². The molecule has 1 aromatic heterocycles. The maximum atomic E-state index is 12.9. The van der Waals surface area contributed by atoms with Gasteiger partial charge in [-0.3, -0.25) is 19.6 Å². The van der Waals surface area contributed by atoms with E-state index in [0.717, 1.165) is 12.1 Å². The molecule has 0 saturated heterocycles. The Labute approximate surface area is 162 Å². The Morgan fingerprint density at radius 2 is 1.93 bits per heavy atom. The number of benzene rings is 2. The number of non-ortho nitro benzene ring substituents is 1. The van der Waals surface area contributed by atoms with Crippen LogP contribution >= 0.6 is 0 Å². The summed E-state index contributed by atoms with van der Waals surface area (Å²) in [7, 11) is 3.95. The van der Waals surface area contributed by atoms with E-state index in [1.807, 2.05) is 49.3 Å². The topological polar surface area (TPSA) is 93.3 Å². The van der Waals surface area contributed by atoms with Gasteiger partial charge >= 0.3 is 0 Å². The normalized spacial score (nSPS) is 10.8. The van der Waals surface area contributed by atoms with E-state index in [2.05, 4.69) is 10.4 Å². The number of hydrogen-bond donors (Lipinski definition) is 1. The molecular weight excluding hydrogens is 358 g/mol. The Hall–Kier alpha value is -3.52. The van der Waals surface area contributed by atoms with Crippen molar-refractivity contribution in [1.82, 2.24) is 14.7 Å². The third-order valence-corrected chi connectivity index (χ3v) is 4.21. The molecule has 0 fully saturated rings. The van der Waals surface area contributed by atoms with E-state index < -0.39 is 4.92 Å².